The number of H-pyrrole nitrogens is 1. The molecule has 1 aromatic heterocycles. The first kappa shape index (κ1) is 16.7. The van der Waals surface area contributed by atoms with Crippen molar-refractivity contribution in [2.45, 2.75) is 38.0 Å². The highest BCUT2D eigenvalue weighted by molar-refractivity contribution is 5.80. The highest BCUT2D eigenvalue weighted by Gasteiger charge is 2.34. The maximum Gasteiger partial charge on any atom is 0.229 e. The summed E-state index contributed by atoms with van der Waals surface area (Å²) in [4.78, 5) is 15.2. The van der Waals surface area contributed by atoms with E-state index in [2.05, 4.69) is 10.2 Å². The van der Waals surface area contributed by atoms with Crippen molar-refractivity contribution in [1.29, 1.82) is 0 Å². The van der Waals surface area contributed by atoms with E-state index >= 15 is 0 Å². The highest BCUT2D eigenvalue weighted by atomic mass is 16.5. The molecule has 1 saturated carbocycles. The van der Waals surface area contributed by atoms with Gasteiger partial charge in [-0.05, 0) is 42.9 Å². The number of hydrogen-bond donors (Lipinski definition) is 1. The van der Waals surface area contributed by atoms with Crippen LogP contribution in [0.4, 0.5) is 0 Å². The smallest absolute Gasteiger partial charge is 0.229 e. The fraction of sp³-hybridized carbons (Fsp3) is 0.524. The summed E-state index contributed by atoms with van der Waals surface area (Å²) in [7, 11) is 1.65. The van der Waals surface area contributed by atoms with Crippen LogP contribution in [-0.2, 0) is 24.1 Å². The quantitative estimate of drug-likeness (QED) is 0.905. The molecule has 0 radical (unpaired) electrons. The van der Waals surface area contributed by atoms with Crippen molar-refractivity contribution in [3.05, 3.63) is 40.7 Å². The van der Waals surface area contributed by atoms with E-state index in [1.54, 1.807) is 7.11 Å². The van der Waals surface area contributed by atoms with E-state index in [0.29, 0.717) is 18.9 Å². The van der Waals surface area contributed by atoms with E-state index in [-0.39, 0.29) is 11.8 Å². The molecule has 2 aromatic rings. The summed E-state index contributed by atoms with van der Waals surface area (Å²) < 4.78 is 11.3. The van der Waals surface area contributed by atoms with Gasteiger partial charge in [0.25, 0.3) is 0 Å². The number of fused-ring (bicyclic) bond motifs is 2. The number of para-hydroxylation sites is 1. The van der Waals surface area contributed by atoms with Gasteiger partial charge in [-0.1, -0.05) is 12.1 Å². The van der Waals surface area contributed by atoms with Crippen molar-refractivity contribution in [3.8, 4) is 11.5 Å². The number of methoxy groups -OCH3 is 1. The van der Waals surface area contributed by atoms with Crippen LogP contribution >= 0.6 is 0 Å². The zero-order valence-electron chi connectivity index (χ0n) is 15.7. The van der Waals surface area contributed by atoms with Gasteiger partial charge in [-0.2, -0.15) is 5.10 Å². The van der Waals surface area contributed by atoms with E-state index < -0.39 is 0 Å². The van der Waals surface area contributed by atoms with Gasteiger partial charge in [-0.25, -0.2) is 0 Å². The molecule has 142 valence electrons. The van der Waals surface area contributed by atoms with Crippen LogP contribution in [0.15, 0.2) is 18.2 Å². The molecule has 2 aliphatic heterocycles. The molecule has 6 heteroatoms. The van der Waals surface area contributed by atoms with Crippen LogP contribution in [0.3, 0.4) is 0 Å². The van der Waals surface area contributed by atoms with E-state index in [9.17, 15) is 4.79 Å². The molecule has 1 unspecified atom stereocenters. The Morgan fingerprint density at radius 3 is 2.96 bits per heavy atom. The number of rotatable bonds is 3. The first-order chi connectivity index (χ1) is 13.2. The second-order valence-electron chi connectivity index (χ2n) is 7.83. The Kier molecular flexibility index (Phi) is 4.06. The summed E-state index contributed by atoms with van der Waals surface area (Å²) >= 11 is 0. The Balaban J connectivity index is 1.29. The van der Waals surface area contributed by atoms with Gasteiger partial charge < -0.3 is 14.4 Å². The number of nitrogens with zero attached hydrogens (tertiary/aromatic N) is 2. The molecule has 3 heterocycles. The lowest BCUT2D eigenvalue weighted by Gasteiger charge is -2.30. The Hall–Kier alpha value is -2.50. The van der Waals surface area contributed by atoms with Gasteiger partial charge in [0.05, 0.1) is 18.7 Å². The Morgan fingerprint density at radius 1 is 1.30 bits per heavy atom. The molecular formula is C21H25N3O3. The minimum atomic E-state index is -0.123. The Bertz CT molecular complexity index is 872. The van der Waals surface area contributed by atoms with Gasteiger partial charge >= 0.3 is 0 Å². The van der Waals surface area contributed by atoms with E-state index in [1.807, 2.05) is 23.1 Å². The second-order valence-corrected chi connectivity index (χ2v) is 7.83. The zero-order chi connectivity index (χ0) is 18.4. The van der Waals surface area contributed by atoms with Crippen LogP contribution in [0.25, 0.3) is 0 Å². The van der Waals surface area contributed by atoms with E-state index in [0.717, 1.165) is 43.0 Å². The molecule has 0 spiro atoms. The predicted octanol–water partition coefficient (Wildman–Crippen LogP) is 2.47. The number of carbonyl (C=O) groups is 1. The van der Waals surface area contributed by atoms with Crippen LogP contribution in [0, 0.1) is 5.92 Å². The normalized spacial score (nSPS) is 21.7. The van der Waals surface area contributed by atoms with Crippen molar-refractivity contribution in [3.63, 3.8) is 0 Å². The van der Waals surface area contributed by atoms with Crippen molar-refractivity contribution >= 4 is 5.91 Å². The van der Waals surface area contributed by atoms with Crippen LogP contribution in [0.1, 0.15) is 41.3 Å². The van der Waals surface area contributed by atoms with Gasteiger partial charge in [0.15, 0.2) is 11.5 Å². The maximum absolute atomic E-state index is 13.2. The topological polar surface area (TPSA) is 67.5 Å². The number of aromatic nitrogens is 2. The molecule has 1 atom stereocenters. The highest BCUT2D eigenvalue weighted by Crippen LogP contribution is 2.42. The third-order valence-corrected chi connectivity index (χ3v) is 6.05. The molecule has 0 bridgehead atoms. The number of benzene rings is 1. The van der Waals surface area contributed by atoms with Crippen LogP contribution in [0.5, 0.6) is 11.5 Å². The van der Waals surface area contributed by atoms with Crippen LogP contribution < -0.4 is 9.47 Å². The van der Waals surface area contributed by atoms with Gasteiger partial charge in [0.1, 0.15) is 6.61 Å². The monoisotopic (exact) mass is 367 g/mol. The zero-order valence-corrected chi connectivity index (χ0v) is 15.7. The van der Waals surface area contributed by atoms with Crippen LogP contribution in [-0.4, -0.2) is 47.8 Å². The Labute approximate surface area is 158 Å². The van der Waals surface area contributed by atoms with Crippen molar-refractivity contribution in [1.82, 2.24) is 15.1 Å². The van der Waals surface area contributed by atoms with Crippen molar-refractivity contribution < 1.29 is 14.3 Å². The first-order valence-electron chi connectivity index (χ1n) is 9.88. The number of aromatic amines is 1. The molecule has 1 aliphatic carbocycles. The fourth-order valence-corrected chi connectivity index (χ4v) is 4.39. The maximum atomic E-state index is 13.2. The third kappa shape index (κ3) is 2.97. The first-order valence-corrected chi connectivity index (χ1v) is 9.88. The average Bonchev–Trinajstić information content (AvgIpc) is 3.51. The van der Waals surface area contributed by atoms with E-state index in [4.69, 9.17) is 9.47 Å². The van der Waals surface area contributed by atoms with Crippen LogP contribution in [0.2, 0.25) is 0 Å². The molecule has 1 aromatic carbocycles. The molecule has 1 amide bonds. The molecule has 1 fully saturated rings. The minimum Gasteiger partial charge on any atom is -0.493 e. The predicted molar refractivity (Wildman–Crippen MR) is 100 cm³/mol. The summed E-state index contributed by atoms with van der Waals surface area (Å²) in [5, 5.41) is 7.77. The molecule has 5 rings (SSSR count). The summed E-state index contributed by atoms with van der Waals surface area (Å²) in [6, 6.07) is 5.88. The lowest BCUT2D eigenvalue weighted by Crippen LogP contribution is -2.42. The van der Waals surface area contributed by atoms with E-state index in [1.165, 1.54) is 29.8 Å². The molecule has 1 N–H and O–H groups in total. The molecular weight excluding hydrogens is 342 g/mol. The van der Waals surface area contributed by atoms with Gasteiger partial charge in [-0.3, -0.25) is 9.89 Å². The number of ether oxygens (including phenoxy) is 2. The third-order valence-electron chi connectivity index (χ3n) is 6.05. The standard InChI is InChI=1S/C21H25N3O3/c1-26-18-4-2-3-14-11-15(12-27-20(14)18)21(25)24-9-7-16-17(8-10-24)22-23-19(16)13-5-6-13/h2-4,13,15H,5-12H2,1H3,(H,22,23). The lowest BCUT2D eigenvalue weighted by atomic mass is 9.95. The van der Waals surface area contributed by atoms with Gasteiger partial charge in [-0.15, -0.1) is 0 Å². The summed E-state index contributed by atoms with van der Waals surface area (Å²) in [6.45, 7) is 1.94. The number of amides is 1. The second kappa shape index (κ2) is 6.59. The number of nitrogens with one attached hydrogen (secondary N) is 1. The van der Waals surface area contributed by atoms with Crippen molar-refractivity contribution in [2.24, 2.45) is 5.92 Å². The SMILES string of the molecule is COc1cccc2c1OCC(C(=O)N1CCc3[nH]nc(C4CC4)c3CC1)C2. The number of carbonyl (C=O) groups excluding carboxylic acids is 1. The van der Waals surface area contributed by atoms with Crippen molar-refractivity contribution in [2.75, 3.05) is 26.8 Å². The summed E-state index contributed by atoms with van der Waals surface area (Å²) in [6.07, 6.45) is 4.98. The van der Waals surface area contributed by atoms with Gasteiger partial charge in [0.2, 0.25) is 5.91 Å². The fourth-order valence-electron chi connectivity index (χ4n) is 4.39. The molecule has 3 aliphatic rings. The molecule has 27 heavy (non-hydrogen) atoms. The summed E-state index contributed by atoms with van der Waals surface area (Å²) in [5.74, 6) is 2.25. The summed E-state index contributed by atoms with van der Waals surface area (Å²) in [5.41, 5.74) is 4.89. The Morgan fingerprint density at radius 2 is 2.15 bits per heavy atom. The number of hydrogen-bond acceptors (Lipinski definition) is 4. The molecule has 6 nitrogen and oxygen atoms in total. The average molecular weight is 367 g/mol. The molecule has 0 saturated heterocycles. The minimum absolute atomic E-state index is 0.123. The lowest BCUT2D eigenvalue weighted by molar-refractivity contribution is -0.136. The largest absolute Gasteiger partial charge is 0.493 e. The van der Waals surface area contributed by atoms with Gasteiger partial charge in [0, 0.05) is 31.1 Å².